The first-order valence-electron chi connectivity index (χ1n) is 5.67. The highest BCUT2D eigenvalue weighted by Gasteiger charge is 2.23. The number of anilines is 1. The molecule has 1 unspecified atom stereocenters. The van der Waals surface area contributed by atoms with Crippen molar-refractivity contribution in [3.63, 3.8) is 0 Å². The van der Waals surface area contributed by atoms with E-state index in [1.54, 1.807) is 0 Å². The van der Waals surface area contributed by atoms with E-state index in [1.807, 2.05) is 6.07 Å². The number of hydrogen-bond acceptors (Lipinski definition) is 4. The predicted octanol–water partition coefficient (Wildman–Crippen LogP) is 1.66. The molecule has 1 saturated heterocycles. The van der Waals surface area contributed by atoms with Gasteiger partial charge in [-0.1, -0.05) is 18.5 Å². The van der Waals surface area contributed by atoms with Crippen LogP contribution >= 0.6 is 11.6 Å². The van der Waals surface area contributed by atoms with Crippen LogP contribution in [0.1, 0.15) is 13.8 Å². The van der Waals surface area contributed by atoms with Crippen LogP contribution in [0.15, 0.2) is 12.4 Å². The van der Waals surface area contributed by atoms with E-state index in [0.29, 0.717) is 11.2 Å². The van der Waals surface area contributed by atoms with Crippen molar-refractivity contribution in [2.45, 2.75) is 19.9 Å². The number of likely N-dealkylation sites (N-methyl/N-ethyl adjacent to an activating group) is 1. The lowest BCUT2D eigenvalue weighted by Crippen LogP contribution is -2.52. The molecule has 5 heteroatoms. The van der Waals surface area contributed by atoms with Crippen molar-refractivity contribution in [2.75, 3.05) is 31.1 Å². The van der Waals surface area contributed by atoms with E-state index in [1.165, 1.54) is 6.33 Å². The summed E-state index contributed by atoms with van der Waals surface area (Å²) in [6.07, 6.45) is 1.52. The molecule has 4 nitrogen and oxygen atoms in total. The summed E-state index contributed by atoms with van der Waals surface area (Å²) >= 11 is 5.88. The highest BCUT2D eigenvalue weighted by molar-refractivity contribution is 6.29. The van der Waals surface area contributed by atoms with Crippen molar-refractivity contribution < 1.29 is 0 Å². The standard InChI is InChI=1S/C11H17ClN4/c1-3-15-4-5-16(9(2)7-15)11-6-10(12)13-8-14-11/h6,8-9H,3-5,7H2,1-2H3. The van der Waals surface area contributed by atoms with Crippen LogP contribution in [0.2, 0.25) is 5.15 Å². The van der Waals surface area contributed by atoms with Crippen LogP contribution in [0.4, 0.5) is 5.82 Å². The van der Waals surface area contributed by atoms with Crippen LogP contribution < -0.4 is 4.90 Å². The maximum atomic E-state index is 5.88. The van der Waals surface area contributed by atoms with Crippen LogP contribution in [0.3, 0.4) is 0 Å². The number of hydrogen-bond donors (Lipinski definition) is 0. The summed E-state index contributed by atoms with van der Waals surface area (Å²) in [4.78, 5) is 12.9. The molecule has 1 aromatic rings. The molecule has 16 heavy (non-hydrogen) atoms. The van der Waals surface area contributed by atoms with Gasteiger partial charge in [0.25, 0.3) is 0 Å². The summed E-state index contributed by atoms with van der Waals surface area (Å²) in [5, 5.41) is 0.509. The Labute approximate surface area is 101 Å². The second-order valence-electron chi connectivity index (χ2n) is 4.13. The van der Waals surface area contributed by atoms with Crippen LogP contribution in [0, 0.1) is 0 Å². The average Bonchev–Trinajstić information content (AvgIpc) is 2.28. The van der Waals surface area contributed by atoms with Gasteiger partial charge in [0.05, 0.1) is 0 Å². The molecule has 0 amide bonds. The van der Waals surface area contributed by atoms with Crippen LogP contribution in [0.25, 0.3) is 0 Å². The van der Waals surface area contributed by atoms with Crippen molar-refractivity contribution in [3.05, 3.63) is 17.5 Å². The maximum Gasteiger partial charge on any atom is 0.134 e. The average molecular weight is 241 g/mol. The topological polar surface area (TPSA) is 32.3 Å². The summed E-state index contributed by atoms with van der Waals surface area (Å²) in [7, 11) is 0. The van der Waals surface area contributed by atoms with Gasteiger partial charge < -0.3 is 4.90 Å². The molecule has 0 spiro atoms. The Bertz CT molecular complexity index is 358. The van der Waals surface area contributed by atoms with E-state index in [9.17, 15) is 0 Å². The predicted molar refractivity (Wildman–Crippen MR) is 66.0 cm³/mol. The molecule has 0 aromatic carbocycles. The molecule has 1 atom stereocenters. The zero-order valence-electron chi connectivity index (χ0n) is 9.73. The fraction of sp³-hybridized carbons (Fsp3) is 0.636. The maximum absolute atomic E-state index is 5.88. The highest BCUT2D eigenvalue weighted by Crippen LogP contribution is 2.19. The Morgan fingerprint density at radius 2 is 2.25 bits per heavy atom. The van der Waals surface area contributed by atoms with Crippen LogP contribution in [0.5, 0.6) is 0 Å². The smallest absolute Gasteiger partial charge is 0.134 e. The van der Waals surface area contributed by atoms with Gasteiger partial charge in [-0.05, 0) is 13.5 Å². The second kappa shape index (κ2) is 4.97. The van der Waals surface area contributed by atoms with E-state index in [2.05, 4.69) is 33.6 Å². The van der Waals surface area contributed by atoms with E-state index in [4.69, 9.17) is 11.6 Å². The minimum Gasteiger partial charge on any atom is -0.351 e. The fourth-order valence-electron chi connectivity index (χ4n) is 2.14. The van der Waals surface area contributed by atoms with Crippen molar-refractivity contribution in [2.24, 2.45) is 0 Å². The van der Waals surface area contributed by atoms with E-state index < -0.39 is 0 Å². The molecule has 2 heterocycles. The van der Waals surface area contributed by atoms with Gasteiger partial charge in [0.15, 0.2) is 0 Å². The van der Waals surface area contributed by atoms with Gasteiger partial charge in [-0.2, -0.15) is 0 Å². The number of aromatic nitrogens is 2. The molecule has 88 valence electrons. The minimum atomic E-state index is 0.472. The summed E-state index contributed by atoms with van der Waals surface area (Å²) in [6.45, 7) is 8.70. The van der Waals surface area contributed by atoms with Crippen molar-refractivity contribution in [3.8, 4) is 0 Å². The second-order valence-corrected chi connectivity index (χ2v) is 4.52. The third kappa shape index (κ3) is 2.44. The lowest BCUT2D eigenvalue weighted by atomic mass is 10.2. The minimum absolute atomic E-state index is 0.472. The quantitative estimate of drug-likeness (QED) is 0.736. The first kappa shape index (κ1) is 11.6. The third-order valence-electron chi connectivity index (χ3n) is 3.07. The van der Waals surface area contributed by atoms with Gasteiger partial charge in [-0.15, -0.1) is 0 Å². The fourth-order valence-corrected chi connectivity index (χ4v) is 2.28. The number of rotatable bonds is 2. The van der Waals surface area contributed by atoms with Gasteiger partial charge in [-0.25, -0.2) is 9.97 Å². The van der Waals surface area contributed by atoms with Crippen molar-refractivity contribution in [1.82, 2.24) is 14.9 Å². The van der Waals surface area contributed by atoms with Gasteiger partial charge in [0.2, 0.25) is 0 Å². The number of nitrogens with zero attached hydrogens (tertiary/aromatic N) is 4. The Balaban J connectivity index is 2.11. The Hall–Kier alpha value is -0.870. The SMILES string of the molecule is CCN1CCN(c2cc(Cl)ncn2)C(C)C1. The van der Waals surface area contributed by atoms with Crippen LogP contribution in [-0.2, 0) is 0 Å². The third-order valence-corrected chi connectivity index (χ3v) is 3.28. The van der Waals surface area contributed by atoms with Crippen LogP contribution in [-0.4, -0.2) is 47.1 Å². The molecule has 0 bridgehead atoms. The summed E-state index contributed by atoms with van der Waals surface area (Å²) < 4.78 is 0. The molecule has 1 aliphatic heterocycles. The molecule has 1 aromatic heterocycles. The zero-order valence-corrected chi connectivity index (χ0v) is 10.5. The number of piperazine rings is 1. The normalized spacial score (nSPS) is 22.4. The molecule has 1 aliphatic rings. The van der Waals surface area contributed by atoms with E-state index in [-0.39, 0.29) is 0 Å². The van der Waals surface area contributed by atoms with Gasteiger partial charge >= 0.3 is 0 Å². The van der Waals surface area contributed by atoms with Gasteiger partial charge in [0, 0.05) is 31.7 Å². The molecule has 1 fully saturated rings. The van der Waals surface area contributed by atoms with Crippen molar-refractivity contribution in [1.29, 1.82) is 0 Å². The molecule has 0 saturated carbocycles. The van der Waals surface area contributed by atoms with Gasteiger partial charge in [0.1, 0.15) is 17.3 Å². The number of halogens is 1. The molecule has 2 rings (SSSR count). The molecular weight excluding hydrogens is 224 g/mol. The highest BCUT2D eigenvalue weighted by atomic mass is 35.5. The Morgan fingerprint density at radius 1 is 1.44 bits per heavy atom. The monoisotopic (exact) mass is 240 g/mol. The zero-order chi connectivity index (χ0) is 11.5. The van der Waals surface area contributed by atoms with Crippen molar-refractivity contribution >= 4 is 17.4 Å². The Morgan fingerprint density at radius 3 is 2.88 bits per heavy atom. The van der Waals surface area contributed by atoms with Gasteiger partial charge in [-0.3, -0.25) is 4.90 Å². The largest absolute Gasteiger partial charge is 0.351 e. The summed E-state index contributed by atoms with van der Waals surface area (Å²) in [5.74, 6) is 0.934. The first-order chi connectivity index (χ1) is 7.70. The summed E-state index contributed by atoms with van der Waals surface area (Å²) in [5.41, 5.74) is 0. The first-order valence-corrected chi connectivity index (χ1v) is 6.05. The molecule has 0 radical (unpaired) electrons. The van der Waals surface area contributed by atoms with E-state index in [0.717, 1.165) is 32.0 Å². The summed E-state index contributed by atoms with van der Waals surface area (Å²) in [6, 6.07) is 2.30. The van der Waals surface area contributed by atoms with E-state index >= 15 is 0 Å². The lowest BCUT2D eigenvalue weighted by Gasteiger charge is -2.40. The molecule has 0 aliphatic carbocycles. The Kier molecular flexibility index (Phi) is 3.61. The lowest BCUT2D eigenvalue weighted by molar-refractivity contribution is 0.239. The molecule has 0 N–H and O–H groups in total. The molecular formula is C11H17ClN4.